The van der Waals surface area contributed by atoms with Gasteiger partial charge in [0.25, 0.3) is 5.91 Å². The first-order chi connectivity index (χ1) is 8.15. The van der Waals surface area contributed by atoms with Gasteiger partial charge >= 0.3 is 0 Å². The molecule has 0 fully saturated rings. The topological polar surface area (TPSA) is 87.0 Å². The van der Waals surface area contributed by atoms with Crippen molar-refractivity contribution in [3.63, 3.8) is 0 Å². The molecule has 1 rings (SSSR count). The van der Waals surface area contributed by atoms with Gasteiger partial charge in [-0.25, -0.2) is 8.42 Å². The van der Waals surface area contributed by atoms with Gasteiger partial charge in [-0.3, -0.25) is 4.79 Å². The van der Waals surface area contributed by atoms with Crippen LogP contribution in [0.2, 0.25) is 0 Å². The molecule has 0 spiro atoms. The van der Waals surface area contributed by atoms with Crippen molar-refractivity contribution in [1.82, 2.24) is 5.32 Å². The minimum absolute atomic E-state index is 0.0740. The molecule has 18 heavy (non-hydrogen) atoms. The van der Waals surface area contributed by atoms with Crippen LogP contribution in [-0.4, -0.2) is 26.1 Å². The normalized spacial score (nSPS) is 11.7. The molecule has 6 heteroatoms. The summed E-state index contributed by atoms with van der Waals surface area (Å²) in [7, 11) is -3.35. The van der Waals surface area contributed by atoms with Gasteiger partial charge in [-0.1, -0.05) is 6.07 Å². The summed E-state index contributed by atoms with van der Waals surface area (Å²) in [6, 6.07) is 7.63. The molecule has 1 N–H and O–H groups in total. The van der Waals surface area contributed by atoms with Crippen LogP contribution < -0.4 is 5.32 Å². The Labute approximate surface area is 106 Å². The number of sulfone groups is 1. The fraction of sp³-hybridized carbons (Fsp3) is 0.333. The van der Waals surface area contributed by atoms with Gasteiger partial charge < -0.3 is 5.32 Å². The Morgan fingerprint density at radius 3 is 2.50 bits per heavy atom. The van der Waals surface area contributed by atoms with Crippen molar-refractivity contribution >= 4 is 15.7 Å². The minimum atomic E-state index is -3.35. The molecule has 0 unspecified atom stereocenters. The molecule has 1 aromatic carbocycles. The van der Waals surface area contributed by atoms with Crippen LogP contribution in [0, 0.1) is 11.3 Å². The second kappa shape index (κ2) is 4.78. The minimum Gasteiger partial charge on any atom is -0.334 e. The number of carbonyl (C=O) groups excluding carboxylic acids is 1. The smallest absolute Gasteiger partial charge is 0.252 e. The van der Waals surface area contributed by atoms with E-state index < -0.39 is 21.3 Å². The third-order valence-electron chi connectivity index (χ3n) is 2.23. The quantitative estimate of drug-likeness (QED) is 0.888. The molecule has 5 nitrogen and oxygen atoms in total. The second-order valence-corrected chi connectivity index (χ2v) is 6.51. The maximum Gasteiger partial charge on any atom is 0.252 e. The molecule has 96 valence electrons. The van der Waals surface area contributed by atoms with Crippen molar-refractivity contribution < 1.29 is 13.2 Å². The fourth-order valence-electron chi connectivity index (χ4n) is 1.25. The van der Waals surface area contributed by atoms with E-state index in [0.717, 1.165) is 6.26 Å². The Kier molecular flexibility index (Phi) is 3.77. The molecule has 1 amide bonds. The van der Waals surface area contributed by atoms with Gasteiger partial charge in [-0.05, 0) is 32.0 Å². The molecule has 0 aliphatic carbocycles. The molecule has 0 aliphatic heterocycles. The van der Waals surface area contributed by atoms with E-state index >= 15 is 0 Å². The standard InChI is InChI=1S/C12H14N2O3S/c1-12(2,8-13)14-11(15)9-5-4-6-10(7-9)18(3,16)17/h4-7H,1-3H3,(H,14,15). The number of nitriles is 1. The molecular formula is C12H14N2O3S. The lowest BCUT2D eigenvalue weighted by molar-refractivity contribution is 0.0929. The Bertz CT molecular complexity index is 612. The van der Waals surface area contributed by atoms with Crippen molar-refractivity contribution in [3.05, 3.63) is 29.8 Å². The van der Waals surface area contributed by atoms with Crippen molar-refractivity contribution in [2.75, 3.05) is 6.26 Å². The summed E-state index contributed by atoms with van der Waals surface area (Å²) in [4.78, 5) is 11.9. The van der Waals surface area contributed by atoms with Gasteiger partial charge in [0, 0.05) is 11.8 Å². The summed E-state index contributed by atoms with van der Waals surface area (Å²) in [5.74, 6) is -0.480. The SMILES string of the molecule is CC(C)(C#N)NC(=O)c1cccc(S(C)(=O)=O)c1. The second-order valence-electron chi connectivity index (χ2n) is 4.49. The number of carbonyl (C=O) groups is 1. The van der Waals surface area contributed by atoms with Crippen LogP contribution in [0.5, 0.6) is 0 Å². The van der Waals surface area contributed by atoms with E-state index in [9.17, 15) is 13.2 Å². The van der Waals surface area contributed by atoms with E-state index in [0.29, 0.717) is 0 Å². The summed E-state index contributed by atoms with van der Waals surface area (Å²) >= 11 is 0. The summed E-state index contributed by atoms with van der Waals surface area (Å²) in [6.07, 6.45) is 1.07. The molecule has 0 heterocycles. The van der Waals surface area contributed by atoms with Gasteiger partial charge in [0.2, 0.25) is 0 Å². The molecule has 0 bridgehead atoms. The first kappa shape index (κ1) is 14.2. The number of benzene rings is 1. The zero-order chi connectivity index (χ0) is 14.0. The van der Waals surface area contributed by atoms with E-state index in [1.54, 1.807) is 13.8 Å². The number of hydrogen-bond donors (Lipinski definition) is 1. The first-order valence-electron chi connectivity index (χ1n) is 5.19. The average molecular weight is 266 g/mol. The summed E-state index contributed by atoms with van der Waals surface area (Å²) < 4.78 is 22.7. The summed E-state index contributed by atoms with van der Waals surface area (Å²) in [5, 5.41) is 11.3. The van der Waals surface area contributed by atoms with Crippen LogP contribution in [-0.2, 0) is 9.84 Å². The van der Waals surface area contributed by atoms with Crippen molar-refractivity contribution in [1.29, 1.82) is 5.26 Å². The molecular weight excluding hydrogens is 252 g/mol. The van der Waals surface area contributed by atoms with Crippen LogP contribution >= 0.6 is 0 Å². The largest absolute Gasteiger partial charge is 0.334 e. The maximum absolute atomic E-state index is 11.8. The van der Waals surface area contributed by atoms with Crippen LogP contribution in [0.3, 0.4) is 0 Å². The number of rotatable bonds is 3. The molecule has 0 saturated heterocycles. The lowest BCUT2D eigenvalue weighted by Crippen LogP contribution is -2.42. The van der Waals surface area contributed by atoms with Crippen molar-refractivity contribution in [3.8, 4) is 6.07 Å². The van der Waals surface area contributed by atoms with E-state index in [1.165, 1.54) is 24.3 Å². The molecule has 0 saturated carbocycles. The number of amides is 1. The highest BCUT2D eigenvalue weighted by Crippen LogP contribution is 2.12. The molecule has 1 aromatic rings. The Morgan fingerprint density at radius 1 is 1.39 bits per heavy atom. The highest BCUT2D eigenvalue weighted by molar-refractivity contribution is 7.90. The monoisotopic (exact) mass is 266 g/mol. The van der Waals surface area contributed by atoms with Crippen LogP contribution in [0.15, 0.2) is 29.2 Å². The third-order valence-corrected chi connectivity index (χ3v) is 3.34. The lowest BCUT2D eigenvalue weighted by atomic mass is 10.1. The lowest BCUT2D eigenvalue weighted by Gasteiger charge is -2.17. The first-order valence-corrected chi connectivity index (χ1v) is 7.09. The van der Waals surface area contributed by atoms with Crippen molar-refractivity contribution in [2.45, 2.75) is 24.3 Å². The number of nitrogens with zero attached hydrogens (tertiary/aromatic N) is 1. The predicted octanol–water partition coefficient (Wildman–Crippen LogP) is 1.12. The van der Waals surface area contributed by atoms with Gasteiger partial charge in [-0.2, -0.15) is 5.26 Å². The van der Waals surface area contributed by atoms with Gasteiger partial charge in [0.05, 0.1) is 11.0 Å². The van der Waals surface area contributed by atoms with Gasteiger partial charge in [0.15, 0.2) is 9.84 Å². The van der Waals surface area contributed by atoms with Gasteiger partial charge in [-0.15, -0.1) is 0 Å². The van der Waals surface area contributed by atoms with Crippen LogP contribution in [0.25, 0.3) is 0 Å². The van der Waals surface area contributed by atoms with E-state index in [-0.39, 0.29) is 10.5 Å². The molecule has 0 radical (unpaired) electrons. The zero-order valence-electron chi connectivity index (χ0n) is 10.4. The fourth-order valence-corrected chi connectivity index (χ4v) is 1.92. The zero-order valence-corrected chi connectivity index (χ0v) is 11.2. The van der Waals surface area contributed by atoms with E-state index in [2.05, 4.69) is 5.32 Å². The molecule has 0 aliphatic rings. The highest BCUT2D eigenvalue weighted by atomic mass is 32.2. The van der Waals surface area contributed by atoms with E-state index in [4.69, 9.17) is 5.26 Å². The predicted molar refractivity (Wildman–Crippen MR) is 66.7 cm³/mol. The number of hydrogen-bond acceptors (Lipinski definition) is 4. The Hall–Kier alpha value is -1.87. The maximum atomic E-state index is 11.8. The summed E-state index contributed by atoms with van der Waals surface area (Å²) in [6.45, 7) is 3.12. The summed E-state index contributed by atoms with van der Waals surface area (Å²) in [5.41, 5.74) is -0.792. The van der Waals surface area contributed by atoms with Crippen LogP contribution in [0.1, 0.15) is 24.2 Å². The highest BCUT2D eigenvalue weighted by Gasteiger charge is 2.20. The van der Waals surface area contributed by atoms with Gasteiger partial charge in [0.1, 0.15) is 5.54 Å². The van der Waals surface area contributed by atoms with E-state index in [1.807, 2.05) is 6.07 Å². The molecule has 0 atom stereocenters. The van der Waals surface area contributed by atoms with Crippen LogP contribution in [0.4, 0.5) is 0 Å². The number of nitrogens with one attached hydrogen (secondary N) is 1. The van der Waals surface area contributed by atoms with Crippen molar-refractivity contribution in [2.24, 2.45) is 0 Å². The average Bonchev–Trinajstić information content (AvgIpc) is 2.27. The Balaban J connectivity index is 3.06. The Morgan fingerprint density at radius 2 is 2.00 bits per heavy atom. The molecule has 0 aromatic heterocycles. The third kappa shape index (κ3) is 3.57.